The quantitative estimate of drug-likeness (QED) is 0.399. The maximum Gasteiger partial charge on any atom is 0.255 e. The van der Waals surface area contributed by atoms with Crippen molar-refractivity contribution < 1.29 is 14.3 Å². The lowest BCUT2D eigenvalue weighted by molar-refractivity contribution is -0.116. The number of likely N-dealkylation sites (N-methyl/N-ethyl adjacent to an activating group) is 1. The molecule has 0 aliphatic carbocycles. The van der Waals surface area contributed by atoms with Crippen molar-refractivity contribution in [1.29, 1.82) is 0 Å². The Balaban J connectivity index is 1.68. The van der Waals surface area contributed by atoms with Crippen molar-refractivity contribution in [1.82, 2.24) is 19.7 Å². The van der Waals surface area contributed by atoms with E-state index in [2.05, 4.69) is 10.4 Å². The number of methoxy groups -OCH3 is 1. The van der Waals surface area contributed by atoms with E-state index in [1.165, 1.54) is 4.90 Å². The number of nitrogens with one attached hydrogen (secondary N) is 1. The minimum Gasteiger partial charge on any atom is -0.495 e. The van der Waals surface area contributed by atoms with Crippen LogP contribution in [0.15, 0.2) is 66.9 Å². The number of benzene rings is 2. The summed E-state index contributed by atoms with van der Waals surface area (Å²) in [6.07, 6.45) is 1.67. The molecule has 0 spiro atoms. The summed E-state index contributed by atoms with van der Waals surface area (Å²) in [5.41, 5.74) is 3.24. The Morgan fingerprint density at radius 1 is 1.09 bits per heavy atom. The summed E-state index contributed by atoms with van der Waals surface area (Å²) in [7, 11) is 1.54. The van der Waals surface area contributed by atoms with Crippen molar-refractivity contribution in [2.75, 3.05) is 25.5 Å². The highest BCUT2D eigenvalue weighted by Gasteiger charge is 2.24. The van der Waals surface area contributed by atoms with Gasteiger partial charge in [0, 0.05) is 18.2 Å². The van der Waals surface area contributed by atoms with Crippen LogP contribution in [0.5, 0.6) is 5.75 Å². The van der Waals surface area contributed by atoms with Crippen LogP contribution in [0.1, 0.15) is 37.2 Å². The van der Waals surface area contributed by atoms with Gasteiger partial charge in [-0.15, -0.1) is 0 Å². The Bertz CT molecular complexity index is 1350. The van der Waals surface area contributed by atoms with Crippen molar-refractivity contribution in [2.24, 2.45) is 0 Å². The summed E-state index contributed by atoms with van der Waals surface area (Å²) >= 11 is 0. The van der Waals surface area contributed by atoms with Gasteiger partial charge in [0.25, 0.3) is 5.91 Å². The third-order valence-corrected chi connectivity index (χ3v) is 5.74. The molecule has 4 rings (SSSR count). The molecule has 0 saturated heterocycles. The Labute approximate surface area is 204 Å². The van der Waals surface area contributed by atoms with Gasteiger partial charge >= 0.3 is 0 Å². The standard InChI is InChI=1S/C27H29N5O3/c1-5-31(17-25(33)29-22-13-9-10-14-24(22)35-4)27(34)20-15-23(19-11-7-6-8-12-19)30-26-21(20)16-28-32(26)18(2)3/h6-16,18H,5,17H2,1-4H3,(H,29,33). The van der Waals surface area contributed by atoms with Crippen molar-refractivity contribution in [3.63, 3.8) is 0 Å². The molecule has 8 heteroatoms. The van der Waals surface area contributed by atoms with Gasteiger partial charge in [-0.3, -0.25) is 9.59 Å². The fourth-order valence-corrected chi connectivity index (χ4v) is 3.94. The van der Waals surface area contributed by atoms with E-state index in [0.29, 0.717) is 40.3 Å². The Kier molecular flexibility index (Phi) is 7.10. The zero-order valence-electron chi connectivity index (χ0n) is 20.4. The number of hydrogen-bond donors (Lipinski definition) is 1. The summed E-state index contributed by atoms with van der Waals surface area (Å²) in [6, 6.07) is 18.7. The summed E-state index contributed by atoms with van der Waals surface area (Å²) in [5.74, 6) is -0.00797. The van der Waals surface area contributed by atoms with Crippen LogP contribution < -0.4 is 10.1 Å². The lowest BCUT2D eigenvalue weighted by Crippen LogP contribution is -2.38. The molecular weight excluding hydrogens is 442 g/mol. The summed E-state index contributed by atoms with van der Waals surface area (Å²) in [6.45, 7) is 6.15. The van der Waals surface area contributed by atoms with Crippen LogP contribution in [0, 0.1) is 0 Å². The topological polar surface area (TPSA) is 89.3 Å². The largest absolute Gasteiger partial charge is 0.495 e. The molecule has 2 heterocycles. The minimum atomic E-state index is -0.309. The lowest BCUT2D eigenvalue weighted by Gasteiger charge is -2.21. The molecule has 2 aromatic carbocycles. The Hall–Kier alpha value is -4.20. The molecular formula is C27H29N5O3. The van der Waals surface area contributed by atoms with Gasteiger partial charge in [0.15, 0.2) is 5.65 Å². The van der Waals surface area contributed by atoms with Gasteiger partial charge < -0.3 is 15.0 Å². The third kappa shape index (κ3) is 5.01. The molecule has 8 nitrogen and oxygen atoms in total. The predicted octanol–water partition coefficient (Wildman–Crippen LogP) is 4.79. The molecule has 0 radical (unpaired) electrons. The number of hydrogen-bond acceptors (Lipinski definition) is 5. The van der Waals surface area contributed by atoms with Crippen molar-refractivity contribution in [3.8, 4) is 17.0 Å². The highest BCUT2D eigenvalue weighted by Crippen LogP contribution is 2.27. The number of para-hydroxylation sites is 2. The number of carbonyl (C=O) groups excluding carboxylic acids is 2. The normalized spacial score (nSPS) is 11.0. The fraction of sp³-hybridized carbons (Fsp3) is 0.259. The second-order valence-electron chi connectivity index (χ2n) is 8.41. The number of aromatic nitrogens is 3. The first-order valence-electron chi connectivity index (χ1n) is 11.6. The van der Waals surface area contributed by atoms with Gasteiger partial charge in [0.1, 0.15) is 12.3 Å². The second kappa shape index (κ2) is 10.4. The van der Waals surface area contributed by atoms with Crippen LogP contribution in [0.25, 0.3) is 22.3 Å². The summed E-state index contributed by atoms with van der Waals surface area (Å²) in [5, 5.41) is 7.98. The van der Waals surface area contributed by atoms with E-state index in [1.807, 2.05) is 67.9 Å². The van der Waals surface area contributed by atoms with E-state index in [1.54, 1.807) is 31.5 Å². The molecule has 4 aromatic rings. The maximum atomic E-state index is 13.7. The molecule has 0 bridgehead atoms. The molecule has 1 N–H and O–H groups in total. The molecule has 2 amide bonds. The summed E-state index contributed by atoms with van der Waals surface area (Å²) in [4.78, 5) is 32.9. The number of anilines is 1. The Morgan fingerprint density at radius 2 is 1.80 bits per heavy atom. The molecule has 180 valence electrons. The molecule has 0 unspecified atom stereocenters. The van der Waals surface area contributed by atoms with Crippen LogP contribution in [-0.4, -0.2) is 51.7 Å². The maximum absolute atomic E-state index is 13.7. The number of pyridine rings is 1. The number of ether oxygens (including phenoxy) is 1. The van der Waals surface area contributed by atoms with Crippen molar-refractivity contribution >= 4 is 28.5 Å². The van der Waals surface area contributed by atoms with Gasteiger partial charge in [-0.2, -0.15) is 5.10 Å². The highest BCUT2D eigenvalue weighted by atomic mass is 16.5. The van der Waals surface area contributed by atoms with Gasteiger partial charge in [-0.1, -0.05) is 42.5 Å². The zero-order chi connectivity index (χ0) is 24.9. The molecule has 35 heavy (non-hydrogen) atoms. The number of carbonyl (C=O) groups is 2. The van der Waals surface area contributed by atoms with Gasteiger partial charge in [-0.05, 0) is 39.0 Å². The van der Waals surface area contributed by atoms with Crippen LogP contribution in [0.2, 0.25) is 0 Å². The van der Waals surface area contributed by atoms with Gasteiger partial charge in [0.05, 0.1) is 35.6 Å². The number of amides is 2. The third-order valence-electron chi connectivity index (χ3n) is 5.74. The van der Waals surface area contributed by atoms with Crippen LogP contribution in [-0.2, 0) is 4.79 Å². The van der Waals surface area contributed by atoms with Crippen LogP contribution >= 0.6 is 0 Å². The average molecular weight is 472 g/mol. The fourth-order valence-electron chi connectivity index (χ4n) is 3.94. The average Bonchev–Trinajstić information content (AvgIpc) is 3.31. The molecule has 0 aliphatic heterocycles. The van der Waals surface area contributed by atoms with E-state index in [-0.39, 0.29) is 24.4 Å². The minimum absolute atomic E-state index is 0.0721. The first-order valence-corrected chi connectivity index (χ1v) is 11.6. The van der Waals surface area contributed by atoms with Crippen LogP contribution in [0.4, 0.5) is 5.69 Å². The molecule has 0 aliphatic rings. The second-order valence-corrected chi connectivity index (χ2v) is 8.41. The Morgan fingerprint density at radius 3 is 2.49 bits per heavy atom. The molecule has 0 fully saturated rings. The van der Waals surface area contributed by atoms with E-state index < -0.39 is 0 Å². The van der Waals surface area contributed by atoms with Crippen LogP contribution in [0.3, 0.4) is 0 Å². The van der Waals surface area contributed by atoms with E-state index in [0.717, 1.165) is 5.56 Å². The lowest BCUT2D eigenvalue weighted by atomic mass is 10.1. The van der Waals surface area contributed by atoms with E-state index in [4.69, 9.17) is 9.72 Å². The first kappa shape index (κ1) is 23.9. The first-order chi connectivity index (χ1) is 16.9. The number of fused-ring (bicyclic) bond motifs is 1. The van der Waals surface area contributed by atoms with E-state index >= 15 is 0 Å². The molecule has 0 saturated carbocycles. The van der Waals surface area contributed by atoms with Crippen molar-refractivity contribution in [2.45, 2.75) is 26.8 Å². The molecule has 2 aromatic heterocycles. The number of rotatable bonds is 8. The zero-order valence-corrected chi connectivity index (χ0v) is 20.4. The van der Waals surface area contributed by atoms with Gasteiger partial charge in [0.2, 0.25) is 5.91 Å². The van der Waals surface area contributed by atoms with Crippen molar-refractivity contribution in [3.05, 3.63) is 72.4 Å². The SMILES string of the molecule is CCN(CC(=O)Nc1ccccc1OC)C(=O)c1cc(-c2ccccc2)nc2c1cnn2C(C)C. The smallest absolute Gasteiger partial charge is 0.255 e. The predicted molar refractivity (Wildman–Crippen MR) is 137 cm³/mol. The monoisotopic (exact) mass is 471 g/mol. The molecule has 0 atom stereocenters. The summed E-state index contributed by atoms with van der Waals surface area (Å²) < 4.78 is 7.12. The highest BCUT2D eigenvalue weighted by molar-refractivity contribution is 6.08. The van der Waals surface area contributed by atoms with E-state index in [9.17, 15) is 9.59 Å². The van der Waals surface area contributed by atoms with Gasteiger partial charge in [-0.25, -0.2) is 9.67 Å². The number of nitrogens with zero attached hydrogens (tertiary/aromatic N) is 4.